The Balaban J connectivity index is 2.20. The molecule has 1 aromatic rings. The molecule has 114 valence electrons. The first-order valence-electron chi connectivity index (χ1n) is 6.67. The van der Waals surface area contributed by atoms with E-state index in [0.717, 1.165) is 10.0 Å². The second kappa shape index (κ2) is 6.15. The molecule has 1 atom stereocenters. The van der Waals surface area contributed by atoms with E-state index in [0.29, 0.717) is 18.5 Å². The van der Waals surface area contributed by atoms with E-state index in [1.165, 1.54) is 7.11 Å². The molecule has 1 unspecified atom stereocenters. The van der Waals surface area contributed by atoms with Crippen molar-refractivity contribution < 1.29 is 19.4 Å². The minimum atomic E-state index is -0.998. The van der Waals surface area contributed by atoms with Crippen molar-refractivity contribution in [3.63, 3.8) is 0 Å². The summed E-state index contributed by atoms with van der Waals surface area (Å²) in [6.45, 7) is 2.66. The third-order valence-corrected chi connectivity index (χ3v) is 4.53. The quantitative estimate of drug-likeness (QED) is 0.899. The Morgan fingerprint density at radius 3 is 2.76 bits per heavy atom. The predicted molar refractivity (Wildman–Crippen MR) is 81.3 cm³/mol. The van der Waals surface area contributed by atoms with Crippen LogP contribution < -0.4 is 0 Å². The molecule has 1 saturated heterocycles. The number of carboxylic acids is 1. The first kappa shape index (κ1) is 16.0. The molecule has 1 aromatic carbocycles. The predicted octanol–water partition coefficient (Wildman–Crippen LogP) is 2.32. The van der Waals surface area contributed by atoms with Crippen LogP contribution in [-0.2, 0) is 9.53 Å². The van der Waals surface area contributed by atoms with Gasteiger partial charge in [-0.25, -0.2) is 0 Å². The van der Waals surface area contributed by atoms with E-state index in [4.69, 9.17) is 4.74 Å². The summed E-state index contributed by atoms with van der Waals surface area (Å²) in [6, 6.07) is 5.51. The van der Waals surface area contributed by atoms with Crippen molar-refractivity contribution in [2.24, 2.45) is 5.41 Å². The first-order valence-corrected chi connectivity index (χ1v) is 7.47. The Morgan fingerprint density at radius 1 is 1.48 bits per heavy atom. The molecule has 1 fully saturated rings. The number of nitrogens with zero attached hydrogens (tertiary/aromatic N) is 1. The number of amides is 1. The Morgan fingerprint density at radius 2 is 2.19 bits per heavy atom. The second-order valence-electron chi connectivity index (χ2n) is 5.48. The summed E-state index contributed by atoms with van der Waals surface area (Å²) in [5.41, 5.74) is 0.611. The molecule has 21 heavy (non-hydrogen) atoms. The highest BCUT2D eigenvalue weighted by atomic mass is 79.9. The normalized spacial score (nSPS) is 21.6. The number of carboxylic acid groups (broad SMARTS) is 1. The van der Waals surface area contributed by atoms with Crippen molar-refractivity contribution >= 4 is 27.8 Å². The number of aliphatic carboxylic acids is 1. The zero-order valence-corrected chi connectivity index (χ0v) is 13.6. The van der Waals surface area contributed by atoms with Crippen molar-refractivity contribution in [3.8, 4) is 0 Å². The minimum absolute atomic E-state index is 0.112. The van der Waals surface area contributed by atoms with Crippen LogP contribution in [0.4, 0.5) is 0 Å². The van der Waals surface area contributed by atoms with Gasteiger partial charge in [-0.1, -0.05) is 6.07 Å². The monoisotopic (exact) mass is 355 g/mol. The van der Waals surface area contributed by atoms with Gasteiger partial charge in [-0.15, -0.1) is 0 Å². The fourth-order valence-corrected chi connectivity index (χ4v) is 3.30. The standard InChI is InChI=1S/C15H18BrNO4/c1-10-3-4-11(12(16)7-10)13(18)17-6-5-15(8-17,9-21-2)14(19)20/h3-4,7H,5-6,8-9H2,1-2H3,(H,19,20). The highest BCUT2D eigenvalue weighted by Gasteiger charge is 2.46. The first-order chi connectivity index (χ1) is 9.89. The van der Waals surface area contributed by atoms with Gasteiger partial charge in [-0.3, -0.25) is 9.59 Å². The van der Waals surface area contributed by atoms with E-state index >= 15 is 0 Å². The molecule has 0 bridgehead atoms. The maximum absolute atomic E-state index is 12.6. The number of halogens is 1. The number of rotatable bonds is 4. The topological polar surface area (TPSA) is 66.8 Å². The molecular weight excluding hydrogens is 338 g/mol. The van der Waals surface area contributed by atoms with E-state index in [1.807, 2.05) is 19.1 Å². The van der Waals surface area contributed by atoms with Crippen molar-refractivity contribution in [3.05, 3.63) is 33.8 Å². The van der Waals surface area contributed by atoms with Crippen LogP contribution in [0.2, 0.25) is 0 Å². The van der Waals surface area contributed by atoms with Crippen molar-refractivity contribution in [2.45, 2.75) is 13.3 Å². The van der Waals surface area contributed by atoms with Gasteiger partial charge >= 0.3 is 5.97 Å². The Kier molecular flexibility index (Phi) is 4.68. The molecule has 2 rings (SSSR count). The number of carbonyl (C=O) groups excluding carboxylic acids is 1. The summed E-state index contributed by atoms with van der Waals surface area (Å²) in [5, 5.41) is 9.43. The number of ether oxygens (including phenoxy) is 1. The lowest BCUT2D eigenvalue weighted by atomic mass is 9.88. The summed E-state index contributed by atoms with van der Waals surface area (Å²) in [5.74, 6) is -1.07. The molecule has 1 N–H and O–H groups in total. The summed E-state index contributed by atoms with van der Waals surface area (Å²) >= 11 is 3.39. The SMILES string of the molecule is COCC1(C(=O)O)CCN(C(=O)c2ccc(C)cc2Br)C1. The lowest BCUT2D eigenvalue weighted by Gasteiger charge is -2.24. The number of benzene rings is 1. The lowest BCUT2D eigenvalue weighted by Crippen LogP contribution is -2.40. The Labute approximate surface area is 132 Å². The molecule has 0 aromatic heterocycles. The molecule has 0 saturated carbocycles. The molecule has 0 radical (unpaired) electrons. The molecular formula is C15H18BrNO4. The van der Waals surface area contributed by atoms with Crippen molar-refractivity contribution in [1.29, 1.82) is 0 Å². The molecule has 1 aliphatic rings. The summed E-state index contributed by atoms with van der Waals surface area (Å²) in [4.78, 5) is 25.6. The maximum Gasteiger partial charge on any atom is 0.313 e. The van der Waals surface area contributed by atoms with Crippen LogP contribution >= 0.6 is 15.9 Å². The average molecular weight is 356 g/mol. The largest absolute Gasteiger partial charge is 0.481 e. The maximum atomic E-state index is 12.6. The van der Waals surface area contributed by atoms with Crippen LogP contribution in [0.15, 0.2) is 22.7 Å². The van der Waals surface area contributed by atoms with Gasteiger partial charge in [0.05, 0.1) is 12.2 Å². The van der Waals surface area contributed by atoms with Crippen LogP contribution in [0.5, 0.6) is 0 Å². The minimum Gasteiger partial charge on any atom is -0.481 e. The van der Waals surface area contributed by atoms with Crippen molar-refractivity contribution in [1.82, 2.24) is 4.90 Å². The van der Waals surface area contributed by atoms with E-state index in [2.05, 4.69) is 15.9 Å². The van der Waals surface area contributed by atoms with Crippen LogP contribution in [0.25, 0.3) is 0 Å². The smallest absolute Gasteiger partial charge is 0.313 e. The number of likely N-dealkylation sites (tertiary alicyclic amines) is 1. The zero-order valence-electron chi connectivity index (χ0n) is 12.1. The fourth-order valence-electron chi connectivity index (χ4n) is 2.64. The lowest BCUT2D eigenvalue weighted by molar-refractivity contribution is -0.151. The van der Waals surface area contributed by atoms with E-state index in [1.54, 1.807) is 11.0 Å². The molecule has 0 spiro atoms. The summed E-state index contributed by atoms with van der Waals surface area (Å²) in [6.07, 6.45) is 0.408. The third kappa shape index (κ3) is 3.11. The van der Waals surface area contributed by atoms with E-state index in [9.17, 15) is 14.7 Å². The molecule has 1 aliphatic heterocycles. The average Bonchev–Trinajstić information content (AvgIpc) is 2.84. The van der Waals surface area contributed by atoms with Gasteiger partial charge in [0, 0.05) is 24.7 Å². The van der Waals surface area contributed by atoms with Crippen molar-refractivity contribution in [2.75, 3.05) is 26.8 Å². The number of methoxy groups -OCH3 is 1. The van der Waals surface area contributed by atoms with Gasteiger partial charge in [0.15, 0.2) is 0 Å². The van der Waals surface area contributed by atoms with Crippen LogP contribution in [0, 0.1) is 12.3 Å². The Bertz CT molecular complexity index is 575. The number of aryl methyl sites for hydroxylation is 1. The van der Waals surface area contributed by atoms with Crippen LogP contribution in [-0.4, -0.2) is 48.7 Å². The van der Waals surface area contributed by atoms with Gasteiger partial charge in [-0.05, 0) is 47.0 Å². The number of carbonyl (C=O) groups is 2. The van der Waals surface area contributed by atoms with E-state index < -0.39 is 11.4 Å². The Hall–Kier alpha value is -1.40. The zero-order chi connectivity index (χ0) is 15.6. The molecule has 1 heterocycles. The molecule has 6 heteroatoms. The number of hydrogen-bond acceptors (Lipinski definition) is 3. The fraction of sp³-hybridized carbons (Fsp3) is 0.467. The molecule has 0 aliphatic carbocycles. The molecule has 5 nitrogen and oxygen atoms in total. The van der Waals surface area contributed by atoms with Gasteiger partial charge in [-0.2, -0.15) is 0 Å². The van der Waals surface area contributed by atoms with Gasteiger partial charge in [0.2, 0.25) is 0 Å². The highest BCUT2D eigenvalue weighted by molar-refractivity contribution is 9.10. The van der Waals surface area contributed by atoms with Gasteiger partial charge < -0.3 is 14.7 Å². The summed E-state index contributed by atoms with van der Waals surface area (Å²) < 4.78 is 5.76. The molecule has 1 amide bonds. The van der Waals surface area contributed by atoms with Gasteiger partial charge in [0.1, 0.15) is 5.41 Å². The van der Waals surface area contributed by atoms with E-state index in [-0.39, 0.29) is 19.1 Å². The number of hydrogen-bond donors (Lipinski definition) is 1. The van der Waals surface area contributed by atoms with Crippen LogP contribution in [0.1, 0.15) is 22.3 Å². The third-order valence-electron chi connectivity index (χ3n) is 3.87. The summed E-state index contributed by atoms with van der Waals surface area (Å²) in [7, 11) is 1.48. The second-order valence-corrected chi connectivity index (χ2v) is 6.33. The van der Waals surface area contributed by atoms with Crippen LogP contribution in [0.3, 0.4) is 0 Å². The van der Waals surface area contributed by atoms with Gasteiger partial charge in [0.25, 0.3) is 5.91 Å². The highest BCUT2D eigenvalue weighted by Crippen LogP contribution is 2.33.